The van der Waals surface area contributed by atoms with Crippen molar-refractivity contribution in [3.63, 3.8) is 0 Å². The highest BCUT2D eigenvalue weighted by atomic mass is 19.4. The Bertz CT molecular complexity index is 1600. The van der Waals surface area contributed by atoms with Gasteiger partial charge in [0.25, 0.3) is 0 Å². The predicted octanol–water partition coefficient (Wildman–Crippen LogP) is 15.6. The van der Waals surface area contributed by atoms with Gasteiger partial charge in [-0.2, -0.15) is 132 Å². The molecule has 1 N–H and O–H groups in total. The highest BCUT2D eigenvalue weighted by Crippen LogP contribution is 2.64. The zero-order chi connectivity index (χ0) is 61.1. The van der Waals surface area contributed by atoms with E-state index in [1.807, 2.05) is 0 Å². The number of carboxylic acids is 2. The molecule has 0 aliphatic heterocycles. The van der Waals surface area contributed by atoms with Crippen LogP contribution < -0.4 is 5.11 Å². The van der Waals surface area contributed by atoms with Crippen LogP contribution in [-0.4, -0.2) is 125 Å². The molecular weight excluding hydrogens is 1130 g/mol. The van der Waals surface area contributed by atoms with E-state index in [0.29, 0.717) is 0 Å². The third-order valence-electron chi connectivity index (χ3n) is 11.4. The molecule has 0 heterocycles. The molecule has 0 aliphatic carbocycles. The summed E-state index contributed by atoms with van der Waals surface area (Å²) in [6.07, 6.45) is 1.23. The average molecular weight is 1180 g/mol. The van der Waals surface area contributed by atoms with Gasteiger partial charge < -0.3 is 19.9 Å². The van der Waals surface area contributed by atoms with E-state index in [1.54, 1.807) is 0 Å². The van der Waals surface area contributed by atoms with Crippen LogP contribution in [0.1, 0.15) is 120 Å². The molecular formula is C40H53F30NO4. The first-order valence-corrected chi connectivity index (χ1v) is 21.9. The number of carbonyl (C=O) groups is 2. The van der Waals surface area contributed by atoms with Gasteiger partial charge in [0.15, 0.2) is 0 Å². The smallest absolute Gasteiger partial charge is 0.544 e. The van der Waals surface area contributed by atoms with Crippen molar-refractivity contribution in [3.05, 3.63) is 0 Å². The number of hydrogen-bond donors (Lipinski definition) is 1. The fourth-order valence-corrected chi connectivity index (χ4v) is 6.27. The van der Waals surface area contributed by atoms with E-state index in [9.17, 15) is 146 Å². The molecule has 0 bridgehead atoms. The Kier molecular flexibility index (Phi) is 27.0. The molecule has 0 spiro atoms. The van der Waals surface area contributed by atoms with Gasteiger partial charge in [-0.15, -0.1) is 0 Å². The van der Waals surface area contributed by atoms with E-state index in [1.165, 1.54) is 96.7 Å². The third kappa shape index (κ3) is 15.6. The van der Waals surface area contributed by atoms with Gasteiger partial charge in [-0.25, -0.2) is 4.79 Å². The topological polar surface area (TPSA) is 80.7 Å². The van der Waals surface area contributed by atoms with Crippen LogP contribution in [0.15, 0.2) is 0 Å². The normalized spacial score (nSPS) is 15.9. The molecule has 0 saturated carbocycles. The second kappa shape index (κ2) is 26.6. The molecule has 75 heavy (non-hydrogen) atoms. The van der Waals surface area contributed by atoms with E-state index >= 15 is 0 Å². The molecule has 0 rings (SSSR count). The van der Waals surface area contributed by atoms with E-state index in [0.717, 1.165) is 17.8 Å². The summed E-state index contributed by atoms with van der Waals surface area (Å²) in [4.78, 5) is 22.2. The Labute approximate surface area is 409 Å². The Balaban J connectivity index is -0.000000508. The standard InChI is InChI=1S/C24H51N.2C8HF15O2/c1-7-13-16-22(10-4)19-25(20-23(11-5)17-14-8-2)21-24(12-6)18-15-9-3;2*9-2(10,1(24)25)3(11,12)4(13,14)5(15,16)6(17,18)7(19,20)8(21,22)23/h22-24H,7-21H2,1-6H3;2*(H,24,25). The lowest BCUT2D eigenvalue weighted by Crippen LogP contribution is -2.74. The number of unbranched alkanes of at least 4 members (excludes halogenated alkanes) is 3. The highest BCUT2D eigenvalue weighted by molar-refractivity contribution is 5.77. The molecule has 0 aromatic rings. The molecule has 0 saturated heterocycles. The lowest BCUT2D eigenvalue weighted by atomic mass is 9.91. The molecule has 5 nitrogen and oxygen atoms in total. The van der Waals surface area contributed by atoms with Crippen LogP contribution in [0.2, 0.25) is 0 Å². The molecule has 35 heteroatoms. The van der Waals surface area contributed by atoms with Gasteiger partial charge in [0.2, 0.25) is 0 Å². The summed E-state index contributed by atoms with van der Waals surface area (Å²) in [6.45, 7) is 18.3. The maximum absolute atomic E-state index is 12.8. The second-order valence-corrected chi connectivity index (χ2v) is 16.9. The summed E-state index contributed by atoms with van der Waals surface area (Å²) in [7, 11) is 0. The number of carboxylic acid groups (broad SMARTS) is 2. The zero-order valence-electron chi connectivity index (χ0n) is 40.8. The van der Waals surface area contributed by atoms with Crippen molar-refractivity contribution < 1.29 is 153 Å². The van der Waals surface area contributed by atoms with Gasteiger partial charge in [-0.1, -0.05) is 99.3 Å². The average Bonchev–Trinajstić information content (AvgIpc) is 3.26. The van der Waals surface area contributed by atoms with Crippen molar-refractivity contribution in [2.45, 2.75) is 202 Å². The molecule has 0 fully saturated rings. The number of hydrogen-bond acceptors (Lipinski definition) is 4. The number of nitrogens with zero attached hydrogens (tertiary/aromatic N) is 1. The van der Waals surface area contributed by atoms with Crippen LogP contribution in [-0.2, 0) is 9.59 Å². The number of aliphatic carboxylic acids is 2. The fraction of sp³-hybridized carbons (Fsp3) is 0.950. The minimum absolute atomic E-state index is 0. The Morgan fingerprint density at radius 1 is 0.373 bits per heavy atom. The first-order chi connectivity index (χ1) is 33.0. The summed E-state index contributed by atoms with van der Waals surface area (Å²) in [6, 6.07) is 0. The minimum Gasteiger partial charge on any atom is -0.544 e. The molecule has 0 aromatic carbocycles. The van der Waals surface area contributed by atoms with E-state index in [-0.39, 0.29) is 1.43 Å². The van der Waals surface area contributed by atoms with Gasteiger partial charge in [0.05, 0.1) is 0 Å². The van der Waals surface area contributed by atoms with Crippen molar-refractivity contribution in [1.82, 2.24) is 4.90 Å². The van der Waals surface area contributed by atoms with Crippen LogP contribution in [0.3, 0.4) is 0 Å². The minimum atomic E-state index is -8.50. The molecule has 0 amide bonds. The molecule has 0 aromatic heterocycles. The van der Waals surface area contributed by atoms with Crippen molar-refractivity contribution in [2.24, 2.45) is 17.8 Å². The van der Waals surface area contributed by atoms with Crippen LogP contribution in [0, 0.1) is 17.8 Å². The summed E-state index contributed by atoms with van der Waals surface area (Å²) in [5.74, 6) is -103. The lowest BCUT2D eigenvalue weighted by Gasteiger charge is -2.41. The Hall–Kier alpha value is -3.20. The molecule has 0 radical (unpaired) electrons. The molecule has 3 unspecified atom stereocenters. The van der Waals surface area contributed by atoms with Crippen LogP contribution in [0.25, 0.3) is 0 Å². The second-order valence-electron chi connectivity index (χ2n) is 16.9. The predicted molar refractivity (Wildman–Crippen MR) is 202 cm³/mol. The summed E-state index contributed by atoms with van der Waals surface area (Å²) < 4.78 is 373. The number of alkyl halides is 30. The van der Waals surface area contributed by atoms with Gasteiger partial charge >= 0.3 is 90.8 Å². The monoisotopic (exact) mass is 1180 g/mol. The van der Waals surface area contributed by atoms with Crippen molar-refractivity contribution >= 4 is 11.9 Å². The number of halogens is 30. The third-order valence-corrected chi connectivity index (χ3v) is 11.4. The Morgan fingerprint density at radius 2 is 0.573 bits per heavy atom. The maximum atomic E-state index is 12.8. The lowest BCUT2D eigenvalue weighted by molar-refractivity contribution is -0.454. The molecule has 0 aliphatic rings. The van der Waals surface area contributed by atoms with Crippen LogP contribution in [0.5, 0.6) is 0 Å². The van der Waals surface area contributed by atoms with Crippen molar-refractivity contribution in [1.29, 1.82) is 0 Å². The van der Waals surface area contributed by atoms with Gasteiger partial charge in [0.1, 0.15) is 5.97 Å². The maximum Gasteiger partial charge on any atom is 1.00 e. The van der Waals surface area contributed by atoms with Gasteiger partial charge in [0, 0.05) is 19.6 Å². The van der Waals surface area contributed by atoms with Crippen molar-refractivity contribution in [2.75, 3.05) is 19.6 Å². The Morgan fingerprint density at radius 3 is 0.747 bits per heavy atom. The fourth-order valence-electron chi connectivity index (χ4n) is 6.27. The highest BCUT2D eigenvalue weighted by Gasteiger charge is 2.95. The molecule has 452 valence electrons. The largest absolute Gasteiger partial charge is 1.00 e. The van der Waals surface area contributed by atoms with Crippen LogP contribution in [0.4, 0.5) is 132 Å². The summed E-state index contributed by atoms with van der Waals surface area (Å²) >= 11 is 0. The van der Waals surface area contributed by atoms with E-state index < -0.39 is 95.4 Å². The van der Waals surface area contributed by atoms with E-state index in [4.69, 9.17) is 5.11 Å². The number of rotatable bonds is 30. The quantitative estimate of drug-likeness (QED) is 0.0725. The first kappa shape index (κ1) is 76.0. The SMILES string of the molecule is CCCCC(CC)CN(CC(CC)CCCC)CC(CC)CCCC.O=C(O)C(F)(F)C(F)(F)C(F)(F)C(F)(F)C(F)(F)C(F)(F)C(F)(F)F.O=C([O-])C(F)(F)C(F)(F)C(F)(F)C(F)(F)C(F)(F)C(F)(F)C(F)(F)F.[H+]. The summed E-state index contributed by atoms with van der Waals surface area (Å²) in [5.41, 5.74) is 0. The zero-order valence-corrected chi connectivity index (χ0v) is 39.8. The van der Waals surface area contributed by atoms with Gasteiger partial charge in [-0.05, 0) is 37.0 Å². The molecule has 3 atom stereocenters. The van der Waals surface area contributed by atoms with Crippen molar-refractivity contribution in [3.8, 4) is 0 Å². The first-order valence-electron chi connectivity index (χ1n) is 21.9. The van der Waals surface area contributed by atoms with E-state index in [2.05, 4.69) is 46.4 Å². The summed E-state index contributed by atoms with van der Waals surface area (Å²) in [5, 5.41) is 17.2. The van der Waals surface area contributed by atoms with Gasteiger partial charge in [-0.3, -0.25) is 0 Å². The van der Waals surface area contributed by atoms with Crippen LogP contribution >= 0.6 is 0 Å². The number of carbonyl (C=O) groups excluding carboxylic acids is 1.